The van der Waals surface area contributed by atoms with Gasteiger partial charge in [-0.1, -0.05) is 259 Å². The number of esters is 2. The molecule has 0 aliphatic rings. The third-order valence-electron chi connectivity index (χ3n) is 12.1. The zero-order valence-electron chi connectivity index (χ0n) is 44.8. The highest BCUT2D eigenvalue weighted by Gasteiger charge is 2.17. The van der Waals surface area contributed by atoms with Crippen LogP contribution in [0.25, 0.3) is 0 Å². The molecule has 68 heavy (non-hydrogen) atoms. The number of hydrogen-bond donors (Lipinski definition) is 0. The summed E-state index contributed by atoms with van der Waals surface area (Å²) in [7, 11) is 0. The molecule has 1 atom stereocenters. The van der Waals surface area contributed by atoms with Gasteiger partial charge in [-0.2, -0.15) is 0 Å². The Labute approximate surface area is 422 Å². The van der Waals surface area contributed by atoms with Crippen LogP contribution in [0.1, 0.15) is 265 Å². The minimum atomic E-state index is -0.575. The summed E-state index contributed by atoms with van der Waals surface area (Å²) in [6.45, 7) is 7.48. The SMILES string of the molecule is CC/C=C\C/C=C\C/C=C\C/C=C\CCCCCCCCC(=O)OCC(COCCC/C=C\C/C=C\C/C=C\C/C=C\CC)OC(=O)CCCCCCCCCCCCCCCCCCCCC. The Bertz CT molecular complexity index is 1300. The van der Waals surface area contributed by atoms with Crippen LogP contribution in [0.15, 0.2) is 97.2 Å². The molecule has 0 bridgehead atoms. The first kappa shape index (κ1) is 64.8. The van der Waals surface area contributed by atoms with Crippen LogP contribution in [-0.2, 0) is 23.8 Å². The molecule has 0 aromatic rings. The molecule has 0 aliphatic heterocycles. The van der Waals surface area contributed by atoms with E-state index in [9.17, 15) is 9.59 Å². The van der Waals surface area contributed by atoms with E-state index in [0.717, 1.165) is 103 Å². The van der Waals surface area contributed by atoms with Crippen molar-refractivity contribution in [3.63, 3.8) is 0 Å². The molecule has 0 aromatic carbocycles. The van der Waals surface area contributed by atoms with Crippen LogP contribution in [0.2, 0.25) is 0 Å². The van der Waals surface area contributed by atoms with Gasteiger partial charge in [0, 0.05) is 19.4 Å². The lowest BCUT2D eigenvalue weighted by atomic mass is 10.0. The Morgan fingerprint density at radius 1 is 0.338 bits per heavy atom. The summed E-state index contributed by atoms with van der Waals surface area (Å²) in [6, 6.07) is 0. The summed E-state index contributed by atoms with van der Waals surface area (Å²) < 4.78 is 17.4. The van der Waals surface area contributed by atoms with Crippen LogP contribution in [0.3, 0.4) is 0 Å². The number of carbonyl (C=O) groups excluding carboxylic acids is 2. The summed E-state index contributed by atoms with van der Waals surface area (Å²) >= 11 is 0. The highest BCUT2D eigenvalue weighted by molar-refractivity contribution is 5.70. The van der Waals surface area contributed by atoms with Gasteiger partial charge in [0.05, 0.1) is 6.61 Å². The number of allylic oxidation sites excluding steroid dienone is 16. The molecule has 0 amide bonds. The van der Waals surface area contributed by atoms with Gasteiger partial charge in [0.2, 0.25) is 0 Å². The fraction of sp³-hybridized carbons (Fsp3) is 0.714. The molecule has 0 rings (SSSR count). The molecule has 1 unspecified atom stereocenters. The predicted molar refractivity (Wildman–Crippen MR) is 297 cm³/mol. The van der Waals surface area contributed by atoms with Crippen molar-refractivity contribution in [2.75, 3.05) is 19.8 Å². The van der Waals surface area contributed by atoms with E-state index in [1.165, 1.54) is 128 Å². The Balaban J connectivity index is 4.33. The summed E-state index contributed by atoms with van der Waals surface area (Å²) in [5, 5.41) is 0. The standard InChI is InChI=1S/C63H108O5/c1-4-7-10-13-16-19-22-25-28-30-32-34-36-38-41-44-47-50-53-56-62(64)67-60-61(59-66-58-55-52-49-46-43-40-27-24-21-18-15-12-9-6-3)68-63(65)57-54-51-48-45-42-39-37-35-33-31-29-26-23-20-17-14-11-8-5-2/h7,9-10,12,16,18-19,21,25,27-28,32,34,40,46,49,61H,4-6,8,11,13-15,17,20,22-24,26,29-31,33,35-39,41-45,47-48,50-60H2,1-3H3/b10-7-,12-9-,19-16-,21-18-,28-25-,34-32-,40-27-,49-46-. The molecule has 0 spiro atoms. The van der Waals surface area contributed by atoms with Gasteiger partial charge in [-0.25, -0.2) is 0 Å². The molecule has 0 heterocycles. The van der Waals surface area contributed by atoms with E-state index in [1.54, 1.807) is 0 Å². The molecule has 0 aliphatic carbocycles. The summed E-state index contributed by atoms with van der Waals surface area (Å²) in [5.74, 6) is -0.438. The van der Waals surface area contributed by atoms with Gasteiger partial charge >= 0.3 is 11.9 Å². The third kappa shape index (κ3) is 55.4. The molecular formula is C63H108O5. The van der Waals surface area contributed by atoms with Crippen molar-refractivity contribution in [3.8, 4) is 0 Å². The molecule has 0 saturated heterocycles. The van der Waals surface area contributed by atoms with Gasteiger partial charge in [-0.15, -0.1) is 0 Å². The zero-order chi connectivity index (χ0) is 49.2. The second-order valence-electron chi connectivity index (χ2n) is 18.8. The molecular weight excluding hydrogens is 837 g/mol. The summed E-state index contributed by atoms with van der Waals surface area (Å²) in [4.78, 5) is 25.5. The zero-order valence-corrected chi connectivity index (χ0v) is 44.8. The molecule has 0 radical (unpaired) electrons. The molecule has 5 nitrogen and oxygen atoms in total. The van der Waals surface area contributed by atoms with Crippen LogP contribution < -0.4 is 0 Å². The number of ether oxygens (including phenoxy) is 3. The lowest BCUT2D eigenvalue weighted by molar-refractivity contribution is -0.163. The Kier molecular flexibility index (Phi) is 55.4. The van der Waals surface area contributed by atoms with Gasteiger partial charge in [-0.3, -0.25) is 9.59 Å². The van der Waals surface area contributed by atoms with E-state index in [0.29, 0.717) is 19.4 Å². The Morgan fingerprint density at radius 3 is 1.06 bits per heavy atom. The second kappa shape index (κ2) is 58.1. The van der Waals surface area contributed by atoms with Crippen LogP contribution in [0, 0.1) is 0 Å². The van der Waals surface area contributed by atoms with Crippen LogP contribution in [-0.4, -0.2) is 37.9 Å². The van der Waals surface area contributed by atoms with Gasteiger partial charge in [-0.05, 0) is 89.9 Å². The first-order valence-corrected chi connectivity index (χ1v) is 28.8. The molecule has 0 aromatic heterocycles. The average Bonchev–Trinajstić information content (AvgIpc) is 3.34. The van der Waals surface area contributed by atoms with Crippen LogP contribution >= 0.6 is 0 Å². The monoisotopic (exact) mass is 945 g/mol. The second-order valence-corrected chi connectivity index (χ2v) is 18.8. The number of carbonyl (C=O) groups is 2. The number of rotatable bonds is 52. The van der Waals surface area contributed by atoms with E-state index >= 15 is 0 Å². The first-order valence-electron chi connectivity index (χ1n) is 28.8. The Hall–Kier alpha value is -3.18. The summed E-state index contributed by atoms with van der Waals surface area (Å²) in [5.41, 5.74) is 0. The molecule has 0 N–H and O–H groups in total. The smallest absolute Gasteiger partial charge is 0.306 e. The normalized spacial score (nSPS) is 12.9. The minimum absolute atomic E-state index is 0.0535. The average molecular weight is 946 g/mol. The maximum atomic E-state index is 12.9. The van der Waals surface area contributed by atoms with Gasteiger partial charge in [0.25, 0.3) is 0 Å². The highest BCUT2D eigenvalue weighted by Crippen LogP contribution is 2.16. The van der Waals surface area contributed by atoms with E-state index in [2.05, 4.69) is 118 Å². The maximum absolute atomic E-state index is 12.9. The largest absolute Gasteiger partial charge is 0.462 e. The molecule has 390 valence electrons. The van der Waals surface area contributed by atoms with Gasteiger partial charge in [0.1, 0.15) is 6.61 Å². The fourth-order valence-corrected chi connectivity index (χ4v) is 7.92. The topological polar surface area (TPSA) is 61.8 Å². The quantitative estimate of drug-likeness (QED) is 0.0345. The summed E-state index contributed by atoms with van der Waals surface area (Å²) in [6.07, 6.45) is 78.7. The highest BCUT2D eigenvalue weighted by atomic mass is 16.6. The van der Waals surface area contributed by atoms with Crippen molar-refractivity contribution in [1.29, 1.82) is 0 Å². The van der Waals surface area contributed by atoms with Crippen molar-refractivity contribution in [3.05, 3.63) is 97.2 Å². The van der Waals surface area contributed by atoms with E-state index in [1.807, 2.05) is 0 Å². The molecule has 0 fully saturated rings. The van der Waals surface area contributed by atoms with E-state index < -0.39 is 6.10 Å². The van der Waals surface area contributed by atoms with Crippen LogP contribution in [0.5, 0.6) is 0 Å². The van der Waals surface area contributed by atoms with Crippen molar-refractivity contribution < 1.29 is 23.8 Å². The van der Waals surface area contributed by atoms with Crippen molar-refractivity contribution >= 4 is 11.9 Å². The number of hydrogen-bond acceptors (Lipinski definition) is 5. The maximum Gasteiger partial charge on any atom is 0.306 e. The van der Waals surface area contributed by atoms with Crippen molar-refractivity contribution in [2.45, 2.75) is 271 Å². The first-order chi connectivity index (χ1) is 33.6. The third-order valence-corrected chi connectivity index (χ3v) is 12.1. The lowest BCUT2D eigenvalue weighted by Gasteiger charge is -2.18. The Morgan fingerprint density at radius 2 is 0.662 bits per heavy atom. The van der Waals surface area contributed by atoms with Crippen LogP contribution in [0.4, 0.5) is 0 Å². The fourth-order valence-electron chi connectivity index (χ4n) is 7.92. The van der Waals surface area contributed by atoms with Crippen molar-refractivity contribution in [1.82, 2.24) is 0 Å². The van der Waals surface area contributed by atoms with E-state index in [4.69, 9.17) is 14.2 Å². The number of unbranched alkanes of at least 4 members (excludes halogenated alkanes) is 25. The molecule has 0 saturated carbocycles. The van der Waals surface area contributed by atoms with E-state index in [-0.39, 0.29) is 25.2 Å². The lowest BCUT2D eigenvalue weighted by Crippen LogP contribution is -2.30. The van der Waals surface area contributed by atoms with Crippen molar-refractivity contribution in [2.24, 2.45) is 0 Å². The van der Waals surface area contributed by atoms with Gasteiger partial charge in [0.15, 0.2) is 6.10 Å². The molecule has 5 heteroatoms. The predicted octanol–water partition coefficient (Wildman–Crippen LogP) is 19.8. The minimum Gasteiger partial charge on any atom is -0.462 e. The van der Waals surface area contributed by atoms with Gasteiger partial charge < -0.3 is 14.2 Å².